The minimum Gasteiger partial charge on any atom is -0.383 e. The summed E-state index contributed by atoms with van der Waals surface area (Å²) in [6.45, 7) is -0.166. The topological polar surface area (TPSA) is 81.4 Å². The van der Waals surface area contributed by atoms with Crippen molar-refractivity contribution in [2.24, 2.45) is 5.92 Å². The van der Waals surface area contributed by atoms with E-state index in [1.54, 1.807) is 0 Å². The highest BCUT2D eigenvalue weighted by Gasteiger charge is 2.45. The Morgan fingerprint density at radius 2 is 1.74 bits per heavy atom. The van der Waals surface area contributed by atoms with Gasteiger partial charge >= 0.3 is 6.18 Å². The predicted octanol–water partition coefficient (Wildman–Crippen LogP) is 1.88. The summed E-state index contributed by atoms with van der Waals surface area (Å²) >= 11 is 0. The molecule has 23 heavy (non-hydrogen) atoms. The van der Waals surface area contributed by atoms with Gasteiger partial charge < -0.3 is 5.11 Å². The van der Waals surface area contributed by atoms with Gasteiger partial charge in [-0.15, -0.1) is 0 Å². The maximum Gasteiger partial charge on any atom is 0.414 e. The van der Waals surface area contributed by atoms with E-state index in [1.165, 1.54) is 24.3 Å². The Hall–Kier alpha value is -1.63. The molecular formula is C14H15F3N2O3S. The SMILES string of the molecule is N#Cc1ccc(S(=O)(=O)N2CCC(C(O)C(F)(F)F)CC2)cc1. The molecule has 0 aromatic heterocycles. The molecule has 1 saturated heterocycles. The lowest BCUT2D eigenvalue weighted by atomic mass is 9.92. The summed E-state index contributed by atoms with van der Waals surface area (Å²) in [7, 11) is -3.81. The number of hydrogen-bond donors (Lipinski definition) is 1. The van der Waals surface area contributed by atoms with Crippen LogP contribution < -0.4 is 0 Å². The van der Waals surface area contributed by atoms with E-state index in [2.05, 4.69) is 0 Å². The maximum atomic E-state index is 12.5. The zero-order valence-electron chi connectivity index (χ0n) is 12.0. The number of piperidine rings is 1. The summed E-state index contributed by atoms with van der Waals surface area (Å²) in [6.07, 6.45) is -7.24. The van der Waals surface area contributed by atoms with Crippen molar-refractivity contribution < 1.29 is 26.7 Å². The van der Waals surface area contributed by atoms with Gasteiger partial charge in [-0.1, -0.05) is 0 Å². The Morgan fingerprint density at radius 3 is 2.17 bits per heavy atom. The Kier molecular flexibility index (Phi) is 4.98. The number of sulfonamides is 1. The van der Waals surface area contributed by atoms with Crippen LogP contribution in [0.15, 0.2) is 29.2 Å². The molecule has 1 aromatic rings. The normalized spacial score (nSPS) is 19.3. The molecule has 1 fully saturated rings. The van der Waals surface area contributed by atoms with Gasteiger partial charge in [0.05, 0.1) is 16.5 Å². The van der Waals surface area contributed by atoms with Gasteiger partial charge in [0.15, 0.2) is 6.10 Å². The van der Waals surface area contributed by atoms with Crippen LogP contribution >= 0.6 is 0 Å². The molecule has 1 unspecified atom stereocenters. The molecule has 1 aliphatic rings. The summed E-state index contributed by atoms with van der Waals surface area (Å²) in [5, 5.41) is 18.0. The van der Waals surface area contributed by atoms with Crippen LogP contribution in [-0.4, -0.2) is 43.2 Å². The van der Waals surface area contributed by atoms with Crippen molar-refractivity contribution in [3.63, 3.8) is 0 Å². The van der Waals surface area contributed by atoms with E-state index in [9.17, 15) is 26.7 Å². The molecule has 5 nitrogen and oxygen atoms in total. The van der Waals surface area contributed by atoms with Gasteiger partial charge in [-0.2, -0.15) is 22.7 Å². The maximum absolute atomic E-state index is 12.5. The molecule has 0 spiro atoms. The second kappa shape index (κ2) is 6.47. The standard InChI is InChI=1S/C14H15F3N2O3S/c15-14(16,17)13(20)11-5-7-19(8-6-11)23(21,22)12-3-1-10(9-18)2-4-12/h1-4,11,13,20H,5-8H2. The van der Waals surface area contributed by atoms with E-state index >= 15 is 0 Å². The van der Waals surface area contributed by atoms with Crippen molar-refractivity contribution in [1.82, 2.24) is 4.31 Å². The largest absolute Gasteiger partial charge is 0.414 e. The van der Waals surface area contributed by atoms with Gasteiger partial charge in [0, 0.05) is 13.1 Å². The minimum absolute atomic E-state index is 0.00804. The van der Waals surface area contributed by atoms with E-state index in [0.717, 1.165) is 4.31 Å². The van der Waals surface area contributed by atoms with Gasteiger partial charge in [-0.05, 0) is 43.0 Å². The lowest BCUT2D eigenvalue weighted by Gasteiger charge is -2.34. The molecule has 1 heterocycles. The third kappa shape index (κ3) is 3.83. The zero-order valence-corrected chi connectivity index (χ0v) is 12.8. The van der Waals surface area contributed by atoms with Crippen LogP contribution in [0.25, 0.3) is 0 Å². The first-order valence-corrected chi connectivity index (χ1v) is 8.35. The number of nitriles is 1. The highest BCUT2D eigenvalue weighted by atomic mass is 32.2. The highest BCUT2D eigenvalue weighted by Crippen LogP contribution is 2.33. The molecule has 9 heteroatoms. The molecule has 1 N–H and O–H groups in total. The van der Waals surface area contributed by atoms with Gasteiger partial charge in [0.1, 0.15) is 0 Å². The van der Waals surface area contributed by atoms with E-state index in [4.69, 9.17) is 5.26 Å². The first kappa shape index (κ1) is 17.7. The lowest BCUT2D eigenvalue weighted by molar-refractivity contribution is -0.222. The Balaban J connectivity index is 2.08. The van der Waals surface area contributed by atoms with Crippen molar-refractivity contribution in [2.75, 3.05) is 13.1 Å². The quantitative estimate of drug-likeness (QED) is 0.904. The van der Waals surface area contributed by atoms with Crippen LogP contribution in [0, 0.1) is 17.2 Å². The summed E-state index contributed by atoms with van der Waals surface area (Å²) in [5.74, 6) is -0.998. The number of aliphatic hydroxyl groups is 1. The number of hydrogen-bond acceptors (Lipinski definition) is 4. The molecule has 126 valence electrons. The number of nitrogens with zero attached hydrogens (tertiary/aromatic N) is 2. The smallest absolute Gasteiger partial charge is 0.383 e. The summed E-state index contributed by atoms with van der Waals surface area (Å²) in [5.41, 5.74) is 0.316. The van der Waals surface area contributed by atoms with Crippen molar-refractivity contribution in [1.29, 1.82) is 5.26 Å². The fourth-order valence-electron chi connectivity index (χ4n) is 2.55. The molecule has 1 aliphatic heterocycles. The van der Waals surface area contributed by atoms with Gasteiger partial charge in [-0.25, -0.2) is 8.42 Å². The van der Waals surface area contributed by atoms with Crippen molar-refractivity contribution in [3.8, 4) is 6.07 Å². The van der Waals surface area contributed by atoms with Crippen LogP contribution in [0.2, 0.25) is 0 Å². The van der Waals surface area contributed by atoms with E-state index in [0.29, 0.717) is 5.56 Å². The summed E-state index contributed by atoms with van der Waals surface area (Å²) < 4.78 is 63.4. The minimum atomic E-state index is -4.70. The fraction of sp³-hybridized carbons (Fsp3) is 0.500. The monoisotopic (exact) mass is 348 g/mol. The number of rotatable bonds is 3. The van der Waals surface area contributed by atoms with Gasteiger partial charge in [0.25, 0.3) is 0 Å². The molecule has 0 aliphatic carbocycles. The van der Waals surface area contributed by atoms with Crippen molar-refractivity contribution >= 4 is 10.0 Å². The molecule has 0 bridgehead atoms. The molecule has 2 rings (SSSR count). The van der Waals surface area contributed by atoms with Crippen LogP contribution in [0.1, 0.15) is 18.4 Å². The number of alkyl halides is 3. The molecule has 0 radical (unpaired) electrons. The average Bonchev–Trinajstić information content (AvgIpc) is 2.53. The zero-order chi connectivity index (χ0) is 17.3. The van der Waals surface area contributed by atoms with Crippen molar-refractivity contribution in [3.05, 3.63) is 29.8 Å². The van der Waals surface area contributed by atoms with Crippen LogP contribution in [0.3, 0.4) is 0 Å². The van der Waals surface area contributed by atoms with E-state index in [-0.39, 0.29) is 30.8 Å². The number of halogens is 3. The third-order valence-corrected chi connectivity index (χ3v) is 5.81. The molecular weight excluding hydrogens is 333 g/mol. The van der Waals surface area contributed by atoms with Crippen LogP contribution in [0.4, 0.5) is 13.2 Å². The summed E-state index contributed by atoms with van der Waals surface area (Å²) in [4.78, 5) is -0.00804. The van der Waals surface area contributed by atoms with Gasteiger partial charge in [0.2, 0.25) is 10.0 Å². The molecule has 1 aromatic carbocycles. The predicted molar refractivity (Wildman–Crippen MR) is 74.7 cm³/mol. The Labute approximate surface area is 132 Å². The Bertz CT molecular complexity index is 687. The van der Waals surface area contributed by atoms with E-state index < -0.39 is 28.2 Å². The first-order valence-electron chi connectivity index (χ1n) is 6.91. The number of benzene rings is 1. The lowest BCUT2D eigenvalue weighted by Crippen LogP contribution is -2.45. The molecule has 0 amide bonds. The van der Waals surface area contributed by atoms with Crippen LogP contribution in [-0.2, 0) is 10.0 Å². The highest BCUT2D eigenvalue weighted by molar-refractivity contribution is 7.89. The van der Waals surface area contributed by atoms with Crippen LogP contribution in [0.5, 0.6) is 0 Å². The molecule has 1 atom stereocenters. The fourth-order valence-corrected chi connectivity index (χ4v) is 4.02. The van der Waals surface area contributed by atoms with Crippen molar-refractivity contribution in [2.45, 2.75) is 30.0 Å². The van der Waals surface area contributed by atoms with Gasteiger partial charge in [-0.3, -0.25) is 0 Å². The second-order valence-corrected chi connectivity index (χ2v) is 7.30. The van der Waals surface area contributed by atoms with E-state index in [1.807, 2.05) is 6.07 Å². The summed E-state index contributed by atoms with van der Waals surface area (Å²) in [6, 6.07) is 7.20. The Morgan fingerprint density at radius 1 is 1.22 bits per heavy atom. The molecule has 0 saturated carbocycles. The third-order valence-electron chi connectivity index (χ3n) is 3.90. The first-order chi connectivity index (χ1) is 10.7. The average molecular weight is 348 g/mol. The number of aliphatic hydroxyl groups excluding tert-OH is 1. The second-order valence-electron chi connectivity index (χ2n) is 5.36.